The van der Waals surface area contributed by atoms with Gasteiger partial charge in [-0.1, -0.05) is 19.1 Å². The molecule has 3 heteroatoms. The van der Waals surface area contributed by atoms with E-state index in [1.54, 1.807) is 0 Å². The number of rotatable bonds is 6. The first-order valence-electron chi connectivity index (χ1n) is 7.78. The van der Waals surface area contributed by atoms with Crippen LogP contribution in [0.25, 0.3) is 0 Å². The maximum absolute atomic E-state index is 5.69. The average molecular weight is 276 g/mol. The van der Waals surface area contributed by atoms with E-state index in [9.17, 15) is 0 Å². The third kappa shape index (κ3) is 3.53. The van der Waals surface area contributed by atoms with Crippen LogP contribution in [-0.2, 0) is 11.3 Å². The minimum atomic E-state index is 0.324. The quantitative estimate of drug-likeness (QED) is 0.808. The minimum absolute atomic E-state index is 0.324. The predicted octanol–water partition coefficient (Wildman–Crippen LogP) is 3.11. The molecular formula is C17H28N2O. The summed E-state index contributed by atoms with van der Waals surface area (Å²) >= 11 is 0. The molecule has 1 aliphatic rings. The molecule has 0 saturated carbocycles. The molecule has 0 aliphatic carbocycles. The first-order chi connectivity index (χ1) is 9.63. The first kappa shape index (κ1) is 15.3. The van der Waals surface area contributed by atoms with Crippen LogP contribution >= 0.6 is 0 Å². The van der Waals surface area contributed by atoms with Crippen LogP contribution in [0.4, 0.5) is 5.69 Å². The number of anilines is 1. The first-order valence-corrected chi connectivity index (χ1v) is 7.78. The monoisotopic (exact) mass is 276 g/mol. The van der Waals surface area contributed by atoms with Crippen LogP contribution in [0.15, 0.2) is 18.2 Å². The highest BCUT2D eigenvalue weighted by molar-refractivity contribution is 5.55. The van der Waals surface area contributed by atoms with Crippen LogP contribution in [0, 0.1) is 6.92 Å². The normalized spacial score (nSPS) is 22.2. The number of likely N-dealkylation sites (N-methyl/N-ethyl adjacent to an activating group) is 1. The van der Waals surface area contributed by atoms with Gasteiger partial charge in [0.1, 0.15) is 0 Å². The minimum Gasteiger partial charge on any atom is -0.376 e. The topological polar surface area (TPSA) is 24.5 Å². The molecular weight excluding hydrogens is 248 g/mol. The van der Waals surface area contributed by atoms with Crippen molar-refractivity contribution in [3.63, 3.8) is 0 Å². The summed E-state index contributed by atoms with van der Waals surface area (Å²) in [4.78, 5) is 2.39. The second-order valence-corrected chi connectivity index (χ2v) is 5.84. The zero-order chi connectivity index (χ0) is 14.5. The molecule has 1 fully saturated rings. The molecule has 2 atom stereocenters. The van der Waals surface area contributed by atoms with Crippen molar-refractivity contribution in [1.82, 2.24) is 5.32 Å². The zero-order valence-corrected chi connectivity index (χ0v) is 13.3. The Morgan fingerprint density at radius 2 is 2.20 bits per heavy atom. The molecule has 0 radical (unpaired) electrons. The molecule has 3 nitrogen and oxygen atoms in total. The predicted molar refractivity (Wildman–Crippen MR) is 85.4 cm³/mol. The number of hydrogen-bond donors (Lipinski definition) is 1. The van der Waals surface area contributed by atoms with Crippen LogP contribution in [0.5, 0.6) is 0 Å². The van der Waals surface area contributed by atoms with E-state index in [0.29, 0.717) is 12.1 Å². The highest BCUT2D eigenvalue weighted by Gasteiger charge is 2.28. The molecule has 112 valence electrons. The van der Waals surface area contributed by atoms with Gasteiger partial charge in [0.15, 0.2) is 0 Å². The molecule has 1 aromatic carbocycles. The zero-order valence-electron chi connectivity index (χ0n) is 13.3. The van der Waals surface area contributed by atoms with Crippen molar-refractivity contribution in [2.75, 3.05) is 25.1 Å². The molecule has 1 aromatic rings. The van der Waals surface area contributed by atoms with E-state index in [2.05, 4.69) is 56.2 Å². The summed E-state index contributed by atoms with van der Waals surface area (Å²) in [6.07, 6.45) is 2.63. The smallest absolute Gasteiger partial charge is 0.0750 e. The van der Waals surface area contributed by atoms with Crippen molar-refractivity contribution in [3.8, 4) is 0 Å². The highest BCUT2D eigenvalue weighted by Crippen LogP contribution is 2.27. The SMILES string of the molecule is CCCNCc1ccc(N(C)C2CCOC2C)c(C)c1. The molecule has 1 N–H and O–H groups in total. The molecule has 0 bridgehead atoms. The van der Waals surface area contributed by atoms with Gasteiger partial charge in [-0.2, -0.15) is 0 Å². The molecule has 2 unspecified atom stereocenters. The van der Waals surface area contributed by atoms with Crippen molar-refractivity contribution in [2.24, 2.45) is 0 Å². The maximum atomic E-state index is 5.69. The van der Waals surface area contributed by atoms with Gasteiger partial charge in [-0.05, 0) is 50.4 Å². The van der Waals surface area contributed by atoms with Crippen LogP contribution in [-0.4, -0.2) is 32.3 Å². The second-order valence-electron chi connectivity index (χ2n) is 5.84. The second kappa shape index (κ2) is 7.09. The molecule has 1 heterocycles. The standard InChI is InChI=1S/C17H28N2O/c1-5-9-18-12-15-6-7-16(13(2)11-15)19(4)17-8-10-20-14(17)3/h6-7,11,14,17-18H,5,8-10,12H2,1-4H3. The number of hydrogen-bond acceptors (Lipinski definition) is 3. The summed E-state index contributed by atoms with van der Waals surface area (Å²) in [6, 6.07) is 7.29. The van der Waals surface area contributed by atoms with E-state index in [-0.39, 0.29) is 0 Å². The molecule has 1 aliphatic heterocycles. The van der Waals surface area contributed by atoms with Gasteiger partial charge in [0.25, 0.3) is 0 Å². The van der Waals surface area contributed by atoms with Gasteiger partial charge in [-0.25, -0.2) is 0 Å². The van der Waals surface area contributed by atoms with E-state index in [1.165, 1.54) is 23.2 Å². The number of nitrogens with one attached hydrogen (secondary N) is 1. The van der Waals surface area contributed by atoms with E-state index in [4.69, 9.17) is 4.74 Å². The number of nitrogens with zero attached hydrogens (tertiary/aromatic N) is 1. The van der Waals surface area contributed by atoms with Gasteiger partial charge in [0, 0.05) is 25.9 Å². The fourth-order valence-corrected chi connectivity index (χ4v) is 3.04. The number of aryl methyl sites for hydroxylation is 1. The van der Waals surface area contributed by atoms with Crippen molar-refractivity contribution < 1.29 is 4.74 Å². The Bertz CT molecular complexity index is 433. The lowest BCUT2D eigenvalue weighted by molar-refractivity contribution is 0.118. The summed E-state index contributed by atoms with van der Waals surface area (Å²) in [6.45, 7) is 9.50. The highest BCUT2D eigenvalue weighted by atomic mass is 16.5. The molecule has 0 aromatic heterocycles. The fraction of sp³-hybridized carbons (Fsp3) is 0.647. The average Bonchev–Trinajstić information content (AvgIpc) is 2.85. The van der Waals surface area contributed by atoms with Gasteiger partial charge in [-0.15, -0.1) is 0 Å². The summed E-state index contributed by atoms with van der Waals surface area (Å²) in [5, 5.41) is 3.46. The third-order valence-corrected chi connectivity index (χ3v) is 4.23. The van der Waals surface area contributed by atoms with E-state index >= 15 is 0 Å². The van der Waals surface area contributed by atoms with Gasteiger partial charge in [0.05, 0.1) is 12.1 Å². The van der Waals surface area contributed by atoms with Crippen LogP contribution in [0.2, 0.25) is 0 Å². The fourth-order valence-electron chi connectivity index (χ4n) is 3.04. The summed E-state index contributed by atoms with van der Waals surface area (Å²) in [7, 11) is 2.19. The van der Waals surface area contributed by atoms with E-state index in [0.717, 1.165) is 26.1 Å². The molecule has 0 spiro atoms. The summed E-state index contributed by atoms with van der Waals surface area (Å²) < 4.78 is 5.69. The van der Waals surface area contributed by atoms with E-state index in [1.807, 2.05) is 0 Å². The maximum Gasteiger partial charge on any atom is 0.0750 e. The summed E-state index contributed by atoms with van der Waals surface area (Å²) in [5.74, 6) is 0. The van der Waals surface area contributed by atoms with Gasteiger partial charge < -0.3 is 15.0 Å². The Labute approximate surface area is 123 Å². The lowest BCUT2D eigenvalue weighted by atomic mass is 10.0. The van der Waals surface area contributed by atoms with Crippen molar-refractivity contribution in [3.05, 3.63) is 29.3 Å². The molecule has 2 rings (SSSR count). The van der Waals surface area contributed by atoms with Gasteiger partial charge >= 0.3 is 0 Å². The molecule has 20 heavy (non-hydrogen) atoms. The Morgan fingerprint density at radius 3 is 2.80 bits per heavy atom. The molecule has 1 saturated heterocycles. The van der Waals surface area contributed by atoms with Gasteiger partial charge in [-0.3, -0.25) is 0 Å². The lowest BCUT2D eigenvalue weighted by Gasteiger charge is -2.30. The van der Waals surface area contributed by atoms with Crippen LogP contribution < -0.4 is 10.2 Å². The summed E-state index contributed by atoms with van der Waals surface area (Å²) in [5.41, 5.74) is 4.04. The third-order valence-electron chi connectivity index (χ3n) is 4.23. The number of ether oxygens (including phenoxy) is 1. The Kier molecular flexibility index (Phi) is 5.44. The van der Waals surface area contributed by atoms with Gasteiger partial charge in [0.2, 0.25) is 0 Å². The molecule has 0 amide bonds. The van der Waals surface area contributed by atoms with Crippen LogP contribution in [0.1, 0.15) is 37.8 Å². The van der Waals surface area contributed by atoms with E-state index < -0.39 is 0 Å². The Balaban J connectivity index is 2.05. The van der Waals surface area contributed by atoms with Crippen molar-refractivity contribution in [2.45, 2.75) is 52.3 Å². The Morgan fingerprint density at radius 1 is 1.40 bits per heavy atom. The number of benzene rings is 1. The lowest BCUT2D eigenvalue weighted by Crippen LogP contribution is -2.37. The largest absolute Gasteiger partial charge is 0.376 e. The van der Waals surface area contributed by atoms with Crippen molar-refractivity contribution in [1.29, 1.82) is 0 Å². The Hall–Kier alpha value is -1.06. The van der Waals surface area contributed by atoms with Crippen molar-refractivity contribution >= 4 is 5.69 Å². The van der Waals surface area contributed by atoms with Crippen LogP contribution in [0.3, 0.4) is 0 Å².